The number of unbranched alkanes of at least 4 members (excludes halogenated alkanes) is 1. The maximum absolute atomic E-state index is 11.7. The van der Waals surface area contributed by atoms with Gasteiger partial charge in [-0.05, 0) is 6.42 Å². The molecule has 1 atom stereocenters. The van der Waals surface area contributed by atoms with E-state index in [0.717, 1.165) is 19.3 Å². The van der Waals surface area contributed by atoms with Gasteiger partial charge in [-0.1, -0.05) is 47.5 Å². The minimum Gasteiger partial charge on any atom is -0.299 e. The van der Waals surface area contributed by atoms with E-state index in [1.165, 1.54) is 0 Å². The van der Waals surface area contributed by atoms with Gasteiger partial charge in [0, 0.05) is 11.3 Å². The molecule has 88 valence electrons. The number of carbonyl (C=O) groups is 2. The lowest BCUT2D eigenvalue weighted by Gasteiger charge is -2.17. The molecule has 0 aromatic heterocycles. The van der Waals surface area contributed by atoms with Crippen LogP contribution in [0.15, 0.2) is 0 Å². The standard InChI is InChI=1S/C13H24O2/c1-6-7-8-10(2)11(14)9-12(15)13(3,4)5/h10H,6-9H2,1-5H3. The highest BCUT2D eigenvalue weighted by atomic mass is 16.1. The molecule has 1 unspecified atom stereocenters. The predicted octanol–water partition coefficient (Wildman–Crippen LogP) is 3.39. The Balaban J connectivity index is 4.08. The normalized spacial score (nSPS) is 13.7. The van der Waals surface area contributed by atoms with Crippen LogP contribution in [0.3, 0.4) is 0 Å². The lowest BCUT2D eigenvalue weighted by atomic mass is 9.85. The number of ketones is 2. The van der Waals surface area contributed by atoms with E-state index < -0.39 is 0 Å². The predicted molar refractivity (Wildman–Crippen MR) is 62.8 cm³/mol. The van der Waals surface area contributed by atoms with Crippen molar-refractivity contribution in [3.05, 3.63) is 0 Å². The van der Waals surface area contributed by atoms with Crippen LogP contribution < -0.4 is 0 Å². The quantitative estimate of drug-likeness (QED) is 0.632. The molecule has 0 aliphatic carbocycles. The van der Waals surface area contributed by atoms with Crippen molar-refractivity contribution in [1.82, 2.24) is 0 Å². The first-order valence-corrected chi connectivity index (χ1v) is 5.85. The van der Waals surface area contributed by atoms with E-state index in [0.29, 0.717) is 0 Å². The van der Waals surface area contributed by atoms with Crippen LogP contribution >= 0.6 is 0 Å². The van der Waals surface area contributed by atoms with Crippen LogP contribution in [0.5, 0.6) is 0 Å². The summed E-state index contributed by atoms with van der Waals surface area (Å²) in [5, 5.41) is 0. The fourth-order valence-electron chi connectivity index (χ4n) is 1.27. The molecule has 0 bridgehead atoms. The van der Waals surface area contributed by atoms with Gasteiger partial charge in [0.25, 0.3) is 0 Å². The summed E-state index contributed by atoms with van der Waals surface area (Å²) >= 11 is 0. The Morgan fingerprint density at radius 3 is 2.13 bits per heavy atom. The molecule has 0 aliphatic heterocycles. The first kappa shape index (κ1) is 14.3. The van der Waals surface area contributed by atoms with Gasteiger partial charge in [-0.15, -0.1) is 0 Å². The van der Waals surface area contributed by atoms with E-state index in [-0.39, 0.29) is 29.3 Å². The van der Waals surface area contributed by atoms with Crippen molar-refractivity contribution in [2.24, 2.45) is 11.3 Å². The maximum Gasteiger partial charge on any atom is 0.145 e. The van der Waals surface area contributed by atoms with Gasteiger partial charge >= 0.3 is 0 Å². The smallest absolute Gasteiger partial charge is 0.145 e. The van der Waals surface area contributed by atoms with Gasteiger partial charge in [0.15, 0.2) is 0 Å². The summed E-state index contributed by atoms with van der Waals surface area (Å²) in [6.07, 6.45) is 3.18. The molecule has 0 N–H and O–H groups in total. The molecule has 15 heavy (non-hydrogen) atoms. The summed E-state index contributed by atoms with van der Waals surface area (Å²) in [5.41, 5.74) is -0.389. The van der Waals surface area contributed by atoms with Crippen LogP contribution in [-0.2, 0) is 9.59 Å². The van der Waals surface area contributed by atoms with Crippen LogP contribution in [0.2, 0.25) is 0 Å². The summed E-state index contributed by atoms with van der Waals surface area (Å²) in [4.78, 5) is 23.3. The maximum atomic E-state index is 11.7. The molecule has 0 radical (unpaired) electrons. The molecule has 0 saturated carbocycles. The molecule has 0 amide bonds. The van der Waals surface area contributed by atoms with Gasteiger partial charge in [0.1, 0.15) is 11.6 Å². The Bertz CT molecular complexity index is 223. The number of Topliss-reactive ketones (excluding diaryl/α,β-unsaturated/α-hetero) is 2. The summed E-state index contributed by atoms with van der Waals surface area (Å²) in [5.74, 6) is 0.190. The second-order valence-electron chi connectivity index (χ2n) is 5.36. The highest BCUT2D eigenvalue weighted by Crippen LogP contribution is 2.19. The highest BCUT2D eigenvalue weighted by molar-refractivity contribution is 6.02. The Hall–Kier alpha value is -0.660. The van der Waals surface area contributed by atoms with E-state index in [2.05, 4.69) is 6.92 Å². The Labute approximate surface area is 93.4 Å². The third kappa shape index (κ3) is 5.71. The Morgan fingerprint density at radius 1 is 1.20 bits per heavy atom. The van der Waals surface area contributed by atoms with E-state index in [4.69, 9.17) is 0 Å². The fourth-order valence-corrected chi connectivity index (χ4v) is 1.27. The van der Waals surface area contributed by atoms with Crippen LogP contribution in [0, 0.1) is 11.3 Å². The van der Waals surface area contributed by atoms with Crippen LogP contribution in [-0.4, -0.2) is 11.6 Å². The van der Waals surface area contributed by atoms with E-state index in [1.54, 1.807) is 0 Å². The fraction of sp³-hybridized carbons (Fsp3) is 0.846. The molecule has 0 aliphatic rings. The lowest BCUT2D eigenvalue weighted by molar-refractivity contribution is -0.133. The zero-order valence-electron chi connectivity index (χ0n) is 10.7. The van der Waals surface area contributed by atoms with Crippen LogP contribution in [0.1, 0.15) is 60.3 Å². The van der Waals surface area contributed by atoms with E-state index >= 15 is 0 Å². The average molecular weight is 212 g/mol. The highest BCUT2D eigenvalue weighted by Gasteiger charge is 2.25. The molecule has 0 heterocycles. The first-order valence-electron chi connectivity index (χ1n) is 5.85. The molecular formula is C13H24O2. The number of carbonyl (C=O) groups excluding carboxylic acids is 2. The van der Waals surface area contributed by atoms with Crippen molar-refractivity contribution in [3.8, 4) is 0 Å². The average Bonchev–Trinajstić information content (AvgIpc) is 2.12. The number of rotatable bonds is 6. The van der Waals surface area contributed by atoms with Gasteiger partial charge in [-0.25, -0.2) is 0 Å². The van der Waals surface area contributed by atoms with Crippen molar-refractivity contribution in [3.63, 3.8) is 0 Å². The molecule has 2 heteroatoms. The first-order chi connectivity index (χ1) is 6.79. The second-order valence-corrected chi connectivity index (χ2v) is 5.36. The van der Waals surface area contributed by atoms with Gasteiger partial charge in [0.2, 0.25) is 0 Å². The summed E-state index contributed by atoms with van der Waals surface area (Å²) < 4.78 is 0. The van der Waals surface area contributed by atoms with Crippen molar-refractivity contribution < 1.29 is 9.59 Å². The Kier molecular flexibility index (Phi) is 5.77. The van der Waals surface area contributed by atoms with Gasteiger partial charge < -0.3 is 0 Å². The van der Waals surface area contributed by atoms with Crippen LogP contribution in [0.4, 0.5) is 0 Å². The molecular weight excluding hydrogens is 188 g/mol. The van der Waals surface area contributed by atoms with E-state index in [1.807, 2.05) is 27.7 Å². The lowest BCUT2D eigenvalue weighted by Crippen LogP contribution is -2.25. The minimum atomic E-state index is -0.389. The van der Waals surface area contributed by atoms with Crippen molar-refractivity contribution >= 4 is 11.6 Å². The molecule has 0 fully saturated rings. The summed E-state index contributed by atoms with van der Waals surface area (Å²) in [6, 6.07) is 0. The zero-order valence-corrected chi connectivity index (χ0v) is 10.7. The van der Waals surface area contributed by atoms with E-state index in [9.17, 15) is 9.59 Å². The number of hydrogen-bond donors (Lipinski definition) is 0. The SMILES string of the molecule is CCCCC(C)C(=O)CC(=O)C(C)(C)C. The molecule has 0 aromatic carbocycles. The van der Waals surface area contributed by atoms with Gasteiger partial charge in [-0.2, -0.15) is 0 Å². The molecule has 0 aromatic rings. The monoisotopic (exact) mass is 212 g/mol. The summed E-state index contributed by atoms with van der Waals surface area (Å²) in [6.45, 7) is 9.61. The van der Waals surface area contributed by atoms with Crippen molar-refractivity contribution in [2.45, 2.75) is 60.3 Å². The minimum absolute atomic E-state index is 0.0382. The third-order valence-electron chi connectivity index (χ3n) is 2.71. The molecule has 0 rings (SSSR count). The molecule has 0 saturated heterocycles. The third-order valence-corrected chi connectivity index (χ3v) is 2.71. The van der Waals surface area contributed by atoms with Crippen molar-refractivity contribution in [1.29, 1.82) is 0 Å². The topological polar surface area (TPSA) is 34.1 Å². The zero-order chi connectivity index (χ0) is 12.1. The van der Waals surface area contributed by atoms with Gasteiger partial charge in [0.05, 0.1) is 6.42 Å². The van der Waals surface area contributed by atoms with Crippen LogP contribution in [0.25, 0.3) is 0 Å². The molecule has 0 spiro atoms. The summed E-state index contributed by atoms with van der Waals surface area (Å²) in [7, 11) is 0. The second kappa shape index (κ2) is 6.04. The van der Waals surface area contributed by atoms with Gasteiger partial charge in [-0.3, -0.25) is 9.59 Å². The number of hydrogen-bond acceptors (Lipinski definition) is 2. The Morgan fingerprint density at radius 2 is 1.73 bits per heavy atom. The molecule has 2 nitrogen and oxygen atoms in total. The largest absolute Gasteiger partial charge is 0.299 e. The van der Waals surface area contributed by atoms with Crippen molar-refractivity contribution in [2.75, 3.05) is 0 Å².